The van der Waals surface area contributed by atoms with Gasteiger partial charge in [0.1, 0.15) is 17.7 Å². The topological polar surface area (TPSA) is 83.4 Å². The zero-order valence-corrected chi connectivity index (χ0v) is 17.0. The first-order chi connectivity index (χ1) is 15.0. The molecular weight excluding hydrogens is 404 g/mol. The number of fused-ring (bicyclic) bond motifs is 3. The van der Waals surface area contributed by atoms with E-state index in [-0.39, 0.29) is 23.7 Å². The molecule has 3 aromatic rings. The first-order valence-electron chi connectivity index (χ1n) is 10.3. The second-order valence-corrected chi connectivity index (χ2v) is 8.13. The predicted molar refractivity (Wildman–Crippen MR) is 113 cm³/mol. The fourth-order valence-electron chi connectivity index (χ4n) is 4.64. The van der Waals surface area contributed by atoms with E-state index in [0.717, 1.165) is 24.6 Å². The van der Waals surface area contributed by atoms with Crippen LogP contribution in [-0.4, -0.2) is 58.3 Å². The van der Waals surface area contributed by atoms with Gasteiger partial charge >= 0.3 is 0 Å². The summed E-state index contributed by atoms with van der Waals surface area (Å²) < 4.78 is 32.0. The maximum absolute atomic E-state index is 14.9. The molecule has 7 nitrogen and oxygen atoms in total. The zero-order chi connectivity index (χ0) is 21.5. The lowest BCUT2D eigenvalue weighted by molar-refractivity contribution is 0.176. The number of phenolic OH excluding ortho intramolecular Hbond substituents is 1. The van der Waals surface area contributed by atoms with E-state index < -0.39 is 13.0 Å². The molecule has 2 aliphatic heterocycles. The molecule has 2 aromatic heterocycles. The number of aromatic nitrogens is 3. The molecule has 162 valence electrons. The van der Waals surface area contributed by atoms with Gasteiger partial charge in [-0.3, -0.25) is 4.98 Å². The molecule has 4 heterocycles. The highest BCUT2D eigenvalue weighted by molar-refractivity contribution is 5.87. The summed E-state index contributed by atoms with van der Waals surface area (Å²) in [5, 5.41) is 14.6. The van der Waals surface area contributed by atoms with E-state index in [1.807, 2.05) is 11.9 Å². The van der Waals surface area contributed by atoms with E-state index in [4.69, 9.17) is 4.74 Å². The van der Waals surface area contributed by atoms with Crippen LogP contribution in [0.25, 0.3) is 22.2 Å². The number of nitrogens with zero attached hydrogens (tertiary/aromatic N) is 4. The highest BCUT2D eigenvalue weighted by Crippen LogP contribution is 2.35. The summed E-state index contributed by atoms with van der Waals surface area (Å²) in [7, 11) is 1.85. The van der Waals surface area contributed by atoms with Gasteiger partial charge in [0, 0.05) is 42.2 Å². The average Bonchev–Trinajstić information content (AvgIpc) is 3.19. The Morgan fingerprint density at radius 2 is 2.10 bits per heavy atom. The number of benzene rings is 1. The van der Waals surface area contributed by atoms with Crippen molar-refractivity contribution >= 4 is 16.7 Å². The lowest BCUT2D eigenvalue weighted by atomic mass is 9.96. The summed E-state index contributed by atoms with van der Waals surface area (Å²) in [4.78, 5) is 15.0. The van der Waals surface area contributed by atoms with Gasteiger partial charge in [-0.25, -0.2) is 18.7 Å². The molecule has 5 rings (SSSR count). The van der Waals surface area contributed by atoms with Gasteiger partial charge < -0.3 is 20.1 Å². The van der Waals surface area contributed by atoms with Crippen LogP contribution in [0.15, 0.2) is 36.7 Å². The number of piperidine rings is 1. The van der Waals surface area contributed by atoms with Gasteiger partial charge in [-0.15, -0.1) is 0 Å². The normalized spacial score (nSPS) is 25.0. The Morgan fingerprint density at radius 1 is 1.23 bits per heavy atom. The standard InChI is InChI=1S/C22H23F2N5O2/c1-29(18-7-13-3-4-15(27-13)22(18)24)20-10-25-17(9-26-20)14-6-12-2-5-21(31-11-23)28-16(12)8-19(14)30/h2,5-6,8-10,13,15,18,22,27,30H,3-4,7,11H2,1H3/t13?,15?,18-,22+/m1/s1. The number of alkyl halides is 2. The van der Waals surface area contributed by atoms with Crippen LogP contribution in [0.1, 0.15) is 19.3 Å². The SMILES string of the molecule is CN(c1cnc(-c2cc3ccc(OCF)nc3cc2O)cn1)[C@@H]1CC2CCC(N2)[C@@H]1F. The molecule has 2 unspecified atom stereocenters. The summed E-state index contributed by atoms with van der Waals surface area (Å²) >= 11 is 0. The van der Waals surface area contributed by atoms with Crippen molar-refractivity contribution in [3.8, 4) is 22.9 Å². The van der Waals surface area contributed by atoms with Gasteiger partial charge in [0.2, 0.25) is 12.7 Å². The summed E-state index contributed by atoms with van der Waals surface area (Å²) in [6, 6.07) is 6.56. The van der Waals surface area contributed by atoms with Crippen molar-refractivity contribution in [1.82, 2.24) is 20.3 Å². The number of anilines is 1. The van der Waals surface area contributed by atoms with Crippen LogP contribution in [0, 0.1) is 0 Å². The second-order valence-electron chi connectivity index (χ2n) is 8.13. The Hall–Kier alpha value is -3.07. The van der Waals surface area contributed by atoms with E-state index in [1.165, 1.54) is 6.07 Å². The molecule has 9 heteroatoms. The van der Waals surface area contributed by atoms with Crippen molar-refractivity contribution in [3.63, 3.8) is 0 Å². The number of hydrogen-bond acceptors (Lipinski definition) is 7. The van der Waals surface area contributed by atoms with E-state index in [9.17, 15) is 13.9 Å². The Bertz CT molecular complexity index is 1100. The van der Waals surface area contributed by atoms with Gasteiger partial charge in [0.25, 0.3) is 0 Å². The van der Waals surface area contributed by atoms with Crippen LogP contribution in [-0.2, 0) is 0 Å². The molecule has 2 N–H and O–H groups in total. The number of rotatable bonds is 5. The maximum Gasteiger partial charge on any atom is 0.230 e. The minimum Gasteiger partial charge on any atom is -0.507 e. The van der Waals surface area contributed by atoms with Crippen molar-refractivity contribution in [2.45, 2.75) is 43.6 Å². The first kappa shape index (κ1) is 19.9. The minimum absolute atomic E-state index is 0.0217. The molecule has 2 aliphatic rings. The van der Waals surface area contributed by atoms with Gasteiger partial charge in [-0.05, 0) is 31.4 Å². The van der Waals surface area contributed by atoms with Crippen LogP contribution in [0.5, 0.6) is 11.6 Å². The molecule has 0 aliphatic carbocycles. The fraction of sp³-hybridized carbons (Fsp3) is 0.409. The number of pyridine rings is 1. The van der Waals surface area contributed by atoms with Crippen molar-refractivity contribution in [2.75, 3.05) is 18.8 Å². The highest BCUT2D eigenvalue weighted by atomic mass is 19.1. The quantitative estimate of drug-likeness (QED) is 0.646. The van der Waals surface area contributed by atoms with Crippen LogP contribution in [0.4, 0.5) is 14.6 Å². The molecule has 0 saturated carbocycles. The number of aromatic hydroxyl groups is 1. The van der Waals surface area contributed by atoms with Crippen LogP contribution >= 0.6 is 0 Å². The number of halogens is 2. The smallest absolute Gasteiger partial charge is 0.230 e. The Labute approximate surface area is 178 Å². The van der Waals surface area contributed by atoms with Gasteiger partial charge in [-0.2, -0.15) is 0 Å². The van der Waals surface area contributed by atoms with Crippen LogP contribution in [0.2, 0.25) is 0 Å². The molecule has 0 radical (unpaired) electrons. The third-order valence-corrected chi connectivity index (χ3v) is 6.31. The van der Waals surface area contributed by atoms with Crippen LogP contribution < -0.4 is 15.0 Å². The summed E-state index contributed by atoms with van der Waals surface area (Å²) in [6.07, 6.45) is 4.85. The summed E-state index contributed by atoms with van der Waals surface area (Å²) in [6.45, 7) is -0.971. The monoisotopic (exact) mass is 427 g/mol. The third kappa shape index (κ3) is 3.63. The summed E-state index contributed by atoms with van der Waals surface area (Å²) in [5.74, 6) is 0.714. The second kappa shape index (κ2) is 7.88. The molecule has 1 aromatic carbocycles. The maximum atomic E-state index is 14.9. The Kier molecular flexibility index (Phi) is 5.05. The van der Waals surface area contributed by atoms with Gasteiger partial charge in [0.05, 0.1) is 29.6 Å². The van der Waals surface area contributed by atoms with Gasteiger partial charge in [0.15, 0.2) is 0 Å². The fourth-order valence-corrected chi connectivity index (χ4v) is 4.64. The van der Waals surface area contributed by atoms with E-state index >= 15 is 0 Å². The summed E-state index contributed by atoms with van der Waals surface area (Å²) in [5.41, 5.74) is 1.47. The number of nitrogens with one attached hydrogen (secondary N) is 1. The molecule has 0 amide bonds. The third-order valence-electron chi connectivity index (χ3n) is 6.31. The molecule has 31 heavy (non-hydrogen) atoms. The van der Waals surface area contributed by atoms with Crippen molar-refractivity contribution in [2.24, 2.45) is 0 Å². The minimum atomic E-state index is -0.971. The van der Waals surface area contributed by atoms with Crippen molar-refractivity contribution < 1.29 is 18.6 Å². The van der Waals surface area contributed by atoms with Crippen LogP contribution in [0.3, 0.4) is 0 Å². The zero-order valence-electron chi connectivity index (χ0n) is 17.0. The molecule has 2 saturated heterocycles. The average molecular weight is 427 g/mol. The van der Waals surface area contributed by atoms with E-state index in [0.29, 0.717) is 28.6 Å². The van der Waals surface area contributed by atoms with Gasteiger partial charge in [-0.1, -0.05) is 0 Å². The number of hydrogen-bond donors (Lipinski definition) is 2. The van der Waals surface area contributed by atoms with Crippen molar-refractivity contribution in [1.29, 1.82) is 0 Å². The van der Waals surface area contributed by atoms with Crippen molar-refractivity contribution in [3.05, 3.63) is 36.7 Å². The van der Waals surface area contributed by atoms with E-state index in [1.54, 1.807) is 30.6 Å². The molecular formula is C22H23F2N5O2. The largest absolute Gasteiger partial charge is 0.507 e. The first-order valence-corrected chi connectivity index (χ1v) is 10.3. The molecule has 4 atom stereocenters. The Balaban J connectivity index is 1.40. The lowest BCUT2D eigenvalue weighted by Gasteiger charge is -2.38. The lowest BCUT2D eigenvalue weighted by Crippen LogP contribution is -2.55. The predicted octanol–water partition coefficient (Wildman–Crippen LogP) is 3.37. The molecule has 2 bridgehead atoms. The number of ether oxygens (including phenoxy) is 1. The van der Waals surface area contributed by atoms with E-state index in [2.05, 4.69) is 20.3 Å². The number of phenols is 1. The molecule has 2 fully saturated rings. The Morgan fingerprint density at radius 3 is 2.87 bits per heavy atom. The molecule has 0 spiro atoms. The highest BCUT2D eigenvalue weighted by Gasteiger charge is 2.43.